The predicted molar refractivity (Wildman–Crippen MR) is 74.2 cm³/mol. The third-order valence-corrected chi connectivity index (χ3v) is 3.52. The zero-order valence-electron chi connectivity index (χ0n) is 11.1. The molecule has 2 rings (SSSR count). The Labute approximate surface area is 110 Å². The van der Waals surface area contributed by atoms with E-state index in [2.05, 4.69) is 20.9 Å². The average molecular weight is 248 g/mol. The lowest BCUT2D eigenvalue weighted by Crippen LogP contribution is -2.46. The van der Waals surface area contributed by atoms with Crippen molar-refractivity contribution in [2.45, 2.75) is 19.4 Å². The van der Waals surface area contributed by atoms with Gasteiger partial charge in [-0.25, -0.2) is 0 Å². The summed E-state index contributed by atoms with van der Waals surface area (Å²) in [6.07, 6.45) is 6.18. The Morgan fingerprint density at radius 2 is 1.89 bits per heavy atom. The van der Waals surface area contributed by atoms with Crippen LogP contribution in [0.1, 0.15) is 18.4 Å². The van der Waals surface area contributed by atoms with Crippen molar-refractivity contribution in [2.24, 2.45) is 5.73 Å². The Hall–Kier alpha value is -0.970. The smallest absolute Gasteiger partial charge is 0.0312 e. The topological polar surface area (TPSA) is 45.4 Å². The standard InChI is InChI=1S/C14H24N4/c15-5-1-2-7-17-8-10-18(11-9-17)13-14-4-3-6-16-12-14/h3-4,6,12H,1-2,5,7-11,13,15H2. The second-order valence-electron chi connectivity index (χ2n) is 4.97. The minimum atomic E-state index is 0.820. The largest absolute Gasteiger partial charge is 0.330 e. The average Bonchev–Trinajstić information content (AvgIpc) is 2.42. The molecule has 4 heteroatoms. The molecule has 0 amide bonds. The fraction of sp³-hybridized carbons (Fsp3) is 0.643. The highest BCUT2D eigenvalue weighted by Crippen LogP contribution is 2.08. The van der Waals surface area contributed by atoms with Crippen LogP contribution in [0.2, 0.25) is 0 Å². The second kappa shape index (κ2) is 7.46. The molecule has 0 spiro atoms. The van der Waals surface area contributed by atoms with E-state index in [9.17, 15) is 0 Å². The summed E-state index contributed by atoms with van der Waals surface area (Å²) in [5.41, 5.74) is 6.83. The van der Waals surface area contributed by atoms with Crippen LogP contribution < -0.4 is 5.73 Å². The first kappa shape index (κ1) is 13.5. The summed E-state index contributed by atoms with van der Waals surface area (Å²) in [6, 6.07) is 4.17. The van der Waals surface area contributed by atoms with Crippen LogP contribution in [0.3, 0.4) is 0 Å². The maximum absolute atomic E-state index is 5.52. The van der Waals surface area contributed by atoms with Gasteiger partial charge in [-0.1, -0.05) is 6.07 Å². The molecule has 0 aromatic carbocycles. The van der Waals surface area contributed by atoms with Gasteiger partial charge in [0.2, 0.25) is 0 Å². The van der Waals surface area contributed by atoms with Gasteiger partial charge in [-0.15, -0.1) is 0 Å². The van der Waals surface area contributed by atoms with Gasteiger partial charge in [-0.3, -0.25) is 9.88 Å². The first-order valence-electron chi connectivity index (χ1n) is 6.92. The van der Waals surface area contributed by atoms with E-state index in [1.54, 1.807) is 0 Å². The zero-order valence-corrected chi connectivity index (χ0v) is 11.1. The monoisotopic (exact) mass is 248 g/mol. The molecule has 0 atom stereocenters. The molecule has 1 aromatic heterocycles. The summed E-state index contributed by atoms with van der Waals surface area (Å²) >= 11 is 0. The molecule has 2 heterocycles. The lowest BCUT2D eigenvalue weighted by Gasteiger charge is -2.34. The van der Waals surface area contributed by atoms with E-state index in [-0.39, 0.29) is 0 Å². The Bertz CT molecular complexity index is 320. The van der Waals surface area contributed by atoms with Crippen LogP contribution in [0.5, 0.6) is 0 Å². The molecule has 1 aliphatic rings. The normalized spacial score (nSPS) is 18.1. The maximum atomic E-state index is 5.52. The Morgan fingerprint density at radius 3 is 2.56 bits per heavy atom. The zero-order chi connectivity index (χ0) is 12.6. The van der Waals surface area contributed by atoms with Crippen molar-refractivity contribution in [1.29, 1.82) is 0 Å². The molecule has 18 heavy (non-hydrogen) atoms. The fourth-order valence-corrected chi connectivity index (χ4v) is 2.40. The molecular weight excluding hydrogens is 224 g/mol. The fourth-order valence-electron chi connectivity index (χ4n) is 2.40. The quantitative estimate of drug-likeness (QED) is 0.761. The van der Waals surface area contributed by atoms with Crippen molar-refractivity contribution in [3.63, 3.8) is 0 Å². The highest BCUT2D eigenvalue weighted by Gasteiger charge is 2.16. The summed E-state index contributed by atoms with van der Waals surface area (Å²) in [7, 11) is 0. The van der Waals surface area contributed by atoms with Gasteiger partial charge in [0.25, 0.3) is 0 Å². The van der Waals surface area contributed by atoms with E-state index < -0.39 is 0 Å². The number of pyridine rings is 1. The summed E-state index contributed by atoms with van der Waals surface area (Å²) in [5, 5.41) is 0. The summed E-state index contributed by atoms with van der Waals surface area (Å²) in [5.74, 6) is 0. The van der Waals surface area contributed by atoms with Gasteiger partial charge in [-0.05, 0) is 37.6 Å². The molecule has 2 N–H and O–H groups in total. The van der Waals surface area contributed by atoms with E-state index in [0.717, 1.165) is 32.6 Å². The molecule has 0 bridgehead atoms. The van der Waals surface area contributed by atoms with Crippen LogP contribution in [-0.2, 0) is 6.54 Å². The van der Waals surface area contributed by atoms with Crippen LogP contribution in [0.4, 0.5) is 0 Å². The molecule has 100 valence electrons. The molecule has 0 unspecified atom stereocenters. The summed E-state index contributed by atoms with van der Waals surface area (Å²) in [4.78, 5) is 9.23. The lowest BCUT2D eigenvalue weighted by atomic mass is 10.2. The van der Waals surface area contributed by atoms with E-state index in [4.69, 9.17) is 5.73 Å². The molecule has 1 saturated heterocycles. The molecule has 1 fully saturated rings. The predicted octanol–water partition coefficient (Wildman–Crippen LogP) is 0.938. The molecule has 0 aliphatic carbocycles. The van der Waals surface area contributed by atoms with Gasteiger partial charge in [0.15, 0.2) is 0 Å². The number of nitrogens with two attached hydrogens (primary N) is 1. The molecule has 1 aliphatic heterocycles. The molecule has 0 saturated carbocycles. The van der Waals surface area contributed by atoms with E-state index in [0.29, 0.717) is 0 Å². The highest BCUT2D eigenvalue weighted by atomic mass is 15.3. The first-order valence-corrected chi connectivity index (χ1v) is 6.92. The minimum Gasteiger partial charge on any atom is -0.330 e. The highest BCUT2D eigenvalue weighted by molar-refractivity contribution is 5.08. The molecular formula is C14H24N4. The van der Waals surface area contributed by atoms with Gasteiger partial charge in [-0.2, -0.15) is 0 Å². The van der Waals surface area contributed by atoms with Crippen molar-refractivity contribution < 1.29 is 0 Å². The second-order valence-corrected chi connectivity index (χ2v) is 4.97. The van der Waals surface area contributed by atoms with Crippen molar-refractivity contribution in [1.82, 2.24) is 14.8 Å². The number of nitrogens with zero attached hydrogens (tertiary/aromatic N) is 3. The van der Waals surface area contributed by atoms with Gasteiger partial charge >= 0.3 is 0 Å². The first-order chi connectivity index (χ1) is 8.88. The minimum absolute atomic E-state index is 0.820. The van der Waals surface area contributed by atoms with Crippen molar-refractivity contribution in [2.75, 3.05) is 39.3 Å². The summed E-state index contributed by atoms with van der Waals surface area (Å²) < 4.78 is 0. The number of piperazine rings is 1. The third-order valence-electron chi connectivity index (χ3n) is 3.52. The van der Waals surface area contributed by atoms with Gasteiger partial charge < -0.3 is 10.6 Å². The van der Waals surface area contributed by atoms with E-state index in [1.807, 2.05) is 18.5 Å². The molecule has 0 radical (unpaired) electrons. The van der Waals surface area contributed by atoms with Crippen LogP contribution in [-0.4, -0.2) is 54.1 Å². The van der Waals surface area contributed by atoms with Crippen LogP contribution in [0.15, 0.2) is 24.5 Å². The number of unbranched alkanes of at least 4 members (excludes halogenated alkanes) is 1. The number of aromatic nitrogens is 1. The van der Waals surface area contributed by atoms with Crippen molar-refractivity contribution >= 4 is 0 Å². The van der Waals surface area contributed by atoms with E-state index in [1.165, 1.54) is 31.6 Å². The van der Waals surface area contributed by atoms with Gasteiger partial charge in [0, 0.05) is 45.1 Å². The van der Waals surface area contributed by atoms with Crippen LogP contribution in [0.25, 0.3) is 0 Å². The van der Waals surface area contributed by atoms with Gasteiger partial charge in [0.1, 0.15) is 0 Å². The number of rotatable bonds is 6. The number of hydrogen-bond acceptors (Lipinski definition) is 4. The van der Waals surface area contributed by atoms with Crippen LogP contribution >= 0.6 is 0 Å². The Balaban J connectivity index is 1.67. The van der Waals surface area contributed by atoms with Crippen molar-refractivity contribution in [3.05, 3.63) is 30.1 Å². The Morgan fingerprint density at radius 1 is 1.11 bits per heavy atom. The lowest BCUT2D eigenvalue weighted by molar-refractivity contribution is 0.126. The molecule has 1 aromatic rings. The maximum Gasteiger partial charge on any atom is 0.0312 e. The summed E-state index contributed by atoms with van der Waals surface area (Å²) in [6.45, 7) is 7.76. The van der Waals surface area contributed by atoms with Crippen LogP contribution in [0, 0.1) is 0 Å². The Kier molecular flexibility index (Phi) is 5.58. The SMILES string of the molecule is NCCCCN1CCN(Cc2cccnc2)CC1. The van der Waals surface area contributed by atoms with E-state index >= 15 is 0 Å². The third kappa shape index (κ3) is 4.37. The van der Waals surface area contributed by atoms with Crippen molar-refractivity contribution in [3.8, 4) is 0 Å². The molecule has 4 nitrogen and oxygen atoms in total. The number of hydrogen-bond donors (Lipinski definition) is 1. The van der Waals surface area contributed by atoms with Gasteiger partial charge in [0.05, 0.1) is 0 Å².